The van der Waals surface area contributed by atoms with Crippen LogP contribution in [-0.4, -0.2) is 32.0 Å². The molecule has 7 heteroatoms. The Hall–Kier alpha value is -3.97. The fourth-order valence-electron chi connectivity index (χ4n) is 4.92. The minimum absolute atomic E-state index is 0.0365. The summed E-state index contributed by atoms with van der Waals surface area (Å²) in [4.78, 5) is 19.8. The molecule has 1 amide bonds. The molecule has 0 aliphatic carbocycles. The number of amides is 1. The van der Waals surface area contributed by atoms with Crippen molar-refractivity contribution in [3.63, 3.8) is 0 Å². The van der Waals surface area contributed by atoms with Crippen molar-refractivity contribution in [3.8, 4) is 5.69 Å². The van der Waals surface area contributed by atoms with Crippen LogP contribution in [0.15, 0.2) is 85.2 Å². The maximum absolute atomic E-state index is 13.0. The number of aryl methyl sites for hydroxylation is 3. The van der Waals surface area contributed by atoms with E-state index in [4.69, 9.17) is 12.2 Å². The first-order valence-electron chi connectivity index (χ1n) is 12.5. The molecule has 2 aromatic carbocycles. The van der Waals surface area contributed by atoms with Gasteiger partial charge in [0, 0.05) is 42.4 Å². The number of nitrogens with zero attached hydrogens (tertiary/aromatic N) is 3. The van der Waals surface area contributed by atoms with Crippen LogP contribution in [0.2, 0.25) is 0 Å². The van der Waals surface area contributed by atoms with Gasteiger partial charge in [-0.15, -0.1) is 0 Å². The molecule has 2 atom stereocenters. The van der Waals surface area contributed by atoms with Gasteiger partial charge in [-0.3, -0.25) is 9.78 Å². The minimum Gasteiger partial charge on any atom is -0.352 e. The van der Waals surface area contributed by atoms with Gasteiger partial charge in [0.15, 0.2) is 5.11 Å². The Balaban J connectivity index is 1.44. The van der Waals surface area contributed by atoms with E-state index in [9.17, 15) is 4.79 Å². The van der Waals surface area contributed by atoms with Crippen LogP contribution < -0.4 is 10.6 Å². The van der Waals surface area contributed by atoms with Crippen molar-refractivity contribution in [1.82, 2.24) is 19.8 Å². The van der Waals surface area contributed by atoms with E-state index in [-0.39, 0.29) is 18.0 Å². The second-order valence-corrected chi connectivity index (χ2v) is 9.97. The number of rotatable bonds is 7. The Morgan fingerprint density at radius 2 is 1.84 bits per heavy atom. The van der Waals surface area contributed by atoms with Crippen molar-refractivity contribution in [3.05, 3.63) is 113 Å². The summed E-state index contributed by atoms with van der Waals surface area (Å²) in [6.45, 7) is 6.60. The summed E-state index contributed by atoms with van der Waals surface area (Å²) in [6, 6.07) is 24.3. The monoisotopic (exact) mass is 509 g/mol. The van der Waals surface area contributed by atoms with Crippen LogP contribution in [0.1, 0.15) is 46.6 Å². The quantitative estimate of drug-likeness (QED) is 0.309. The lowest BCUT2D eigenvalue weighted by Gasteiger charge is -2.29. The lowest BCUT2D eigenvalue weighted by Crippen LogP contribution is -2.33. The average Bonchev–Trinajstić information content (AvgIpc) is 3.49. The highest BCUT2D eigenvalue weighted by molar-refractivity contribution is 7.80. The summed E-state index contributed by atoms with van der Waals surface area (Å²) < 4.78 is 2.20. The van der Waals surface area contributed by atoms with Gasteiger partial charge >= 0.3 is 0 Å². The van der Waals surface area contributed by atoms with Gasteiger partial charge in [0.05, 0.1) is 17.8 Å². The third-order valence-electron chi connectivity index (χ3n) is 6.81. The number of aromatic nitrogens is 2. The minimum atomic E-state index is -0.144. The highest BCUT2D eigenvalue weighted by Gasteiger charge is 2.41. The van der Waals surface area contributed by atoms with Gasteiger partial charge < -0.3 is 20.1 Å². The summed E-state index contributed by atoms with van der Waals surface area (Å²) in [5.74, 6) is -0.0365. The van der Waals surface area contributed by atoms with E-state index in [1.807, 2.05) is 50.2 Å². The third-order valence-corrected chi connectivity index (χ3v) is 7.16. The summed E-state index contributed by atoms with van der Waals surface area (Å²) in [6.07, 6.45) is 4.19. The lowest BCUT2D eigenvalue weighted by atomic mass is 10.0. The van der Waals surface area contributed by atoms with Crippen molar-refractivity contribution < 1.29 is 4.79 Å². The zero-order valence-corrected chi connectivity index (χ0v) is 22.1. The summed E-state index contributed by atoms with van der Waals surface area (Å²) in [5.41, 5.74) is 7.28. The van der Waals surface area contributed by atoms with Crippen molar-refractivity contribution >= 4 is 28.9 Å². The molecule has 0 unspecified atom stereocenters. The number of thiocarbonyl (C=S) groups is 1. The zero-order chi connectivity index (χ0) is 25.9. The molecule has 188 valence electrons. The van der Waals surface area contributed by atoms with Crippen molar-refractivity contribution in [1.29, 1.82) is 0 Å². The molecular weight excluding hydrogens is 478 g/mol. The Labute approximate surface area is 223 Å². The maximum atomic E-state index is 13.0. The maximum Gasteiger partial charge on any atom is 0.226 e. The zero-order valence-electron chi connectivity index (χ0n) is 21.3. The summed E-state index contributed by atoms with van der Waals surface area (Å²) in [5, 5.41) is 7.19. The lowest BCUT2D eigenvalue weighted by molar-refractivity contribution is -0.116. The Morgan fingerprint density at radius 3 is 2.62 bits per heavy atom. The molecule has 0 saturated carbocycles. The van der Waals surface area contributed by atoms with Crippen LogP contribution in [0.25, 0.3) is 5.69 Å². The number of benzene rings is 2. The van der Waals surface area contributed by atoms with E-state index in [1.54, 1.807) is 6.20 Å². The van der Waals surface area contributed by atoms with E-state index in [0.717, 1.165) is 33.9 Å². The van der Waals surface area contributed by atoms with Crippen LogP contribution in [0, 0.1) is 20.8 Å². The van der Waals surface area contributed by atoms with Crippen molar-refractivity contribution in [2.75, 3.05) is 11.9 Å². The molecule has 2 aromatic heterocycles. The predicted octanol–water partition coefficient (Wildman–Crippen LogP) is 5.80. The van der Waals surface area contributed by atoms with E-state index in [2.05, 4.69) is 74.6 Å². The molecule has 1 saturated heterocycles. The van der Waals surface area contributed by atoms with E-state index >= 15 is 0 Å². The molecule has 0 spiro atoms. The topological polar surface area (TPSA) is 62.2 Å². The normalized spacial score (nSPS) is 17.1. The third kappa shape index (κ3) is 5.27. The fraction of sp³-hybridized carbons (Fsp3) is 0.233. The molecule has 2 N–H and O–H groups in total. The molecule has 37 heavy (non-hydrogen) atoms. The molecule has 3 heterocycles. The molecule has 5 rings (SSSR count). The largest absolute Gasteiger partial charge is 0.352 e. The van der Waals surface area contributed by atoms with Gasteiger partial charge in [0.25, 0.3) is 0 Å². The molecule has 0 bridgehead atoms. The van der Waals surface area contributed by atoms with Crippen LogP contribution in [-0.2, 0) is 4.79 Å². The Kier molecular flexibility index (Phi) is 7.06. The summed E-state index contributed by atoms with van der Waals surface area (Å²) >= 11 is 5.81. The van der Waals surface area contributed by atoms with Gasteiger partial charge in [-0.2, -0.15) is 0 Å². The average molecular weight is 510 g/mol. The van der Waals surface area contributed by atoms with Crippen LogP contribution in [0.5, 0.6) is 0 Å². The summed E-state index contributed by atoms with van der Waals surface area (Å²) in [7, 11) is 0. The van der Waals surface area contributed by atoms with E-state index < -0.39 is 0 Å². The van der Waals surface area contributed by atoms with Crippen LogP contribution in [0.3, 0.4) is 0 Å². The predicted molar refractivity (Wildman–Crippen MR) is 152 cm³/mol. The van der Waals surface area contributed by atoms with Crippen LogP contribution >= 0.6 is 12.2 Å². The number of carbonyl (C=O) groups excluding carboxylic acids is 1. The molecule has 1 aliphatic heterocycles. The highest BCUT2D eigenvalue weighted by atomic mass is 32.1. The molecule has 0 radical (unpaired) electrons. The standard InChI is InChI=1S/C30H31N5OS/c1-20-8-6-9-23(18-20)34-16-7-11-26(34)29-28(24-10-4-5-15-31-24)33-30(37)35(29)17-14-27(36)32-25-19-21(2)12-13-22(25)3/h4-13,15-16,18-19,28-29H,14,17H2,1-3H3,(H,32,36)(H,33,37)/t28-,29+/m0/s1. The highest BCUT2D eigenvalue weighted by Crippen LogP contribution is 2.39. The molecule has 1 aliphatic rings. The number of nitrogens with one attached hydrogen (secondary N) is 2. The van der Waals surface area contributed by atoms with Crippen molar-refractivity contribution in [2.24, 2.45) is 0 Å². The second-order valence-electron chi connectivity index (χ2n) is 9.58. The van der Waals surface area contributed by atoms with Crippen LogP contribution in [0.4, 0.5) is 5.69 Å². The van der Waals surface area contributed by atoms with Gasteiger partial charge in [-0.25, -0.2) is 0 Å². The van der Waals surface area contributed by atoms with Gasteiger partial charge in [0.2, 0.25) is 5.91 Å². The van der Waals surface area contributed by atoms with E-state index in [1.165, 1.54) is 5.56 Å². The molecule has 1 fully saturated rings. The van der Waals surface area contributed by atoms with Gasteiger partial charge in [0.1, 0.15) is 0 Å². The van der Waals surface area contributed by atoms with E-state index in [0.29, 0.717) is 18.1 Å². The van der Waals surface area contributed by atoms with Crippen molar-refractivity contribution in [2.45, 2.75) is 39.3 Å². The molecule has 4 aromatic rings. The van der Waals surface area contributed by atoms with Gasteiger partial charge in [-0.1, -0.05) is 30.3 Å². The van der Waals surface area contributed by atoms with Gasteiger partial charge in [-0.05, 0) is 92.1 Å². The Morgan fingerprint density at radius 1 is 1.00 bits per heavy atom. The number of pyridine rings is 1. The SMILES string of the molecule is Cc1cccc(-n2cccc2[C@@H]2[C@H](c3ccccn3)NC(=S)N2CCC(=O)Nc2cc(C)ccc2C)c1. The second kappa shape index (κ2) is 10.6. The number of anilines is 1. The fourth-order valence-corrected chi connectivity index (χ4v) is 5.25. The smallest absolute Gasteiger partial charge is 0.226 e. The Bertz CT molecular complexity index is 1430. The number of hydrogen-bond donors (Lipinski definition) is 2. The molecular formula is C30H31N5OS. The first kappa shape index (κ1) is 24.7. The molecule has 6 nitrogen and oxygen atoms in total. The first-order chi connectivity index (χ1) is 17.9. The number of hydrogen-bond acceptors (Lipinski definition) is 3. The first-order valence-corrected chi connectivity index (χ1v) is 12.9. The number of carbonyl (C=O) groups is 1.